The summed E-state index contributed by atoms with van der Waals surface area (Å²) in [5.74, 6) is 0.123. The zero-order chi connectivity index (χ0) is 61.9. The summed E-state index contributed by atoms with van der Waals surface area (Å²) >= 11 is 0. The topological polar surface area (TPSA) is 28.9 Å². The minimum absolute atomic E-state index is 0.00972. The predicted octanol–water partition coefficient (Wildman–Crippen LogP) is 19.5. The molecule has 0 amide bonds. The maximum atomic E-state index is 9.73. The molecule has 8 aromatic rings. The van der Waals surface area contributed by atoms with Gasteiger partial charge in [-0.15, -0.1) is 0 Å². The van der Waals surface area contributed by atoms with Gasteiger partial charge in [0.15, 0.2) is 0 Å². The van der Waals surface area contributed by atoms with E-state index in [9.17, 15) is 4.11 Å². The van der Waals surface area contributed by atoms with Crippen molar-refractivity contribution in [3.8, 4) is 28.0 Å². The summed E-state index contributed by atoms with van der Waals surface area (Å²) in [7, 11) is 1.52. The SMILES string of the molecule is [2H]c1c([2H])c([2H])c(-c2cc(C(C)(C)C)ccc2-c2cc3c4c(c2)N(c2ccc(C(C)(C)C)cc2)c2c(oc5cc6c(cc25)C(C)(C)CCC6(C)C)B4c2cc4c(cc2N3c2ccc3c(c2)C(C)(C)CCC3(C)C)C(C)(C)CCC4(C)C)c(OC)c1[2H]. The lowest BCUT2D eigenvalue weighted by molar-refractivity contribution is 0.332. The Bertz CT molecular complexity index is 4200. The fourth-order valence-electron chi connectivity index (χ4n) is 15.2. The first kappa shape index (κ1) is 50.1. The van der Waals surface area contributed by atoms with Gasteiger partial charge in [0, 0.05) is 39.4 Å². The number of furan rings is 1. The molecule has 13 rings (SSSR count). The number of anilines is 6. The lowest BCUT2D eigenvalue weighted by Crippen LogP contribution is -2.61. The van der Waals surface area contributed by atoms with Gasteiger partial charge in [0.2, 0.25) is 0 Å². The molecule has 0 saturated heterocycles. The van der Waals surface area contributed by atoms with E-state index in [1.807, 2.05) is 0 Å². The van der Waals surface area contributed by atoms with Crippen molar-refractivity contribution in [3.05, 3.63) is 166 Å². The Morgan fingerprint density at radius 2 is 0.976 bits per heavy atom. The Balaban J connectivity index is 1.23. The van der Waals surface area contributed by atoms with Crippen LogP contribution >= 0.6 is 0 Å². The molecule has 7 aromatic carbocycles. The second-order valence-electron chi connectivity index (χ2n) is 31.4. The van der Waals surface area contributed by atoms with Gasteiger partial charge in [-0.25, -0.2) is 0 Å². The van der Waals surface area contributed by atoms with Crippen LogP contribution in [0.25, 0.3) is 33.2 Å². The molecule has 0 bridgehead atoms. The van der Waals surface area contributed by atoms with Crippen LogP contribution in [0.15, 0.2) is 126 Å². The molecule has 4 nitrogen and oxygen atoms in total. The zero-order valence-electron chi connectivity index (χ0n) is 56.8. The molecule has 0 saturated carbocycles. The van der Waals surface area contributed by atoms with E-state index in [0.29, 0.717) is 11.1 Å². The third kappa shape index (κ3) is 8.33. The minimum atomic E-state index is -0.322. The van der Waals surface area contributed by atoms with Gasteiger partial charge in [-0.1, -0.05) is 179 Å². The maximum absolute atomic E-state index is 9.73. The molecule has 422 valence electrons. The monoisotopic (exact) mass is 1090 g/mol. The highest BCUT2D eigenvalue weighted by molar-refractivity contribution is 7.00. The third-order valence-corrected chi connectivity index (χ3v) is 21.0. The summed E-state index contributed by atoms with van der Waals surface area (Å²) in [6.45, 7) is 42.2. The van der Waals surface area contributed by atoms with Gasteiger partial charge >= 0.3 is 0 Å². The van der Waals surface area contributed by atoms with Crippen molar-refractivity contribution >= 4 is 68.4 Å². The highest BCUT2D eigenvalue weighted by Gasteiger charge is 2.51. The highest BCUT2D eigenvalue weighted by atomic mass is 16.5. The smallest absolute Gasteiger partial charge is 0.297 e. The van der Waals surface area contributed by atoms with E-state index < -0.39 is 0 Å². The molecule has 3 heterocycles. The predicted molar refractivity (Wildman–Crippen MR) is 351 cm³/mol. The van der Waals surface area contributed by atoms with Crippen molar-refractivity contribution in [1.29, 1.82) is 0 Å². The fraction of sp³-hybridized carbons (Fsp3) is 0.429. The van der Waals surface area contributed by atoms with Crippen LogP contribution in [0.4, 0.5) is 34.1 Å². The van der Waals surface area contributed by atoms with Crippen LogP contribution in [0.5, 0.6) is 5.75 Å². The van der Waals surface area contributed by atoms with Crippen molar-refractivity contribution in [2.75, 3.05) is 16.9 Å². The van der Waals surface area contributed by atoms with Crippen molar-refractivity contribution in [2.24, 2.45) is 0 Å². The molecule has 3 aliphatic carbocycles. The van der Waals surface area contributed by atoms with Crippen LogP contribution in [-0.2, 0) is 43.3 Å². The number of methoxy groups -OCH3 is 1. The van der Waals surface area contributed by atoms with Crippen molar-refractivity contribution in [2.45, 2.75) is 206 Å². The molecule has 0 atom stereocenters. The number of hydrogen-bond acceptors (Lipinski definition) is 4. The number of ether oxygens (including phenoxy) is 1. The molecule has 2 aliphatic heterocycles. The molecule has 5 aliphatic rings. The summed E-state index contributed by atoms with van der Waals surface area (Å²) in [6, 6.07) is 37.0. The molecule has 0 unspecified atom stereocenters. The zero-order valence-corrected chi connectivity index (χ0v) is 52.8. The summed E-state index contributed by atoms with van der Waals surface area (Å²) < 4.78 is 51.0. The average Bonchev–Trinajstić information content (AvgIpc) is 1.21. The van der Waals surface area contributed by atoms with E-state index in [1.54, 1.807) is 0 Å². The Morgan fingerprint density at radius 3 is 1.56 bits per heavy atom. The largest absolute Gasteiger partial charge is 0.496 e. The molecule has 0 spiro atoms. The molecule has 0 radical (unpaired) electrons. The highest BCUT2D eigenvalue weighted by Crippen LogP contribution is 2.56. The lowest BCUT2D eigenvalue weighted by atomic mass is 9.35. The van der Waals surface area contributed by atoms with Crippen LogP contribution in [-0.4, -0.2) is 13.8 Å². The molecule has 0 N–H and O–H groups in total. The second-order valence-corrected chi connectivity index (χ2v) is 31.4. The standard InChI is InChI=1S/C77H89BN2O2/c1-70(2,3)47-24-27-49(28-25-47)80-64-39-46(51-30-26-48(71(4,5)6)40-53(51)52-22-20-21-23-65(52)81-19)38-63-67(64)78(69-68(80)54-42-57-60(45-66(54)82-69)77(17,18)37-34-74(57,11)12)61-43-58-59(76(15,16)36-35-75(58,13)14)44-62(61)79(63)50-29-31-55-56(41-50)73(9,10)33-32-72(55,7)8/h20-31,38-45H,32-37H2,1-19H3/i20D,21D,22D,23D. The molecular formula is C77H89BN2O2. The van der Waals surface area contributed by atoms with Crippen molar-refractivity contribution < 1.29 is 14.6 Å². The normalized spacial score (nSPS) is 20.1. The van der Waals surface area contributed by atoms with E-state index in [4.69, 9.17) is 10.5 Å². The Labute approximate surface area is 497 Å². The van der Waals surface area contributed by atoms with E-state index in [-0.39, 0.29) is 80.0 Å². The van der Waals surface area contributed by atoms with E-state index >= 15 is 0 Å². The van der Waals surface area contributed by atoms with Gasteiger partial charge in [-0.2, -0.15) is 0 Å². The number of benzene rings is 7. The first-order chi connectivity index (χ1) is 40.0. The summed E-state index contributed by atoms with van der Waals surface area (Å²) in [4.78, 5) is 5.12. The average molecular weight is 1090 g/mol. The van der Waals surface area contributed by atoms with Crippen molar-refractivity contribution in [3.63, 3.8) is 0 Å². The summed E-state index contributed by atoms with van der Waals surface area (Å²) in [5, 5.41) is 1.10. The van der Waals surface area contributed by atoms with Gasteiger partial charge < -0.3 is 19.0 Å². The first-order valence-corrected chi connectivity index (χ1v) is 30.6. The maximum Gasteiger partial charge on any atom is 0.297 e. The van der Waals surface area contributed by atoms with Crippen LogP contribution in [0.3, 0.4) is 0 Å². The van der Waals surface area contributed by atoms with Gasteiger partial charge in [0.1, 0.15) is 11.3 Å². The third-order valence-electron chi connectivity index (χ3n) is 21.0. The Morgan fingerprint density at radius 1 is 0.476 bits per heavy atom. The number of fused-ring (bicyclic) bond motifs is 9. The van der Waals surface area contributed by atoms with Gasteiger partial charge in [0.25, 0.3) is 6.71 Å². The van der Waals surface area contributed by atoms with Crippen LogP contribution in [0.1, 0.15) is 213 Å². The number of para-hydroxylation sites is 1. The fourth-order valence-corrected chi connectivity index (χ4v) is 15.2. The molecule has 1 aromatic heterocycles. The molecule has 82 heavy (non-hydrogen) atoms. The van der Waals surface area contributed by atoms with Gasteiger partial charge in [-0.05, 0) is 221 Å². The summed E-state index contributed by atoms with van der Waals surface area (Å²) in [6.07, 6.45) is 6.54. The Kier molecular flexibility index (Phi) is 10.9. The summed E-state index contributed by atoms with van der Waals surface area (Å²) in [5.41, 5.74) is 23.4. The van der Waals surface area contributed by atoms with E-state index in [1.165, 1.54) is 51.5 Å². The molecule has 0 fully saturated rings. The van der Waals surface area contributed by atoms with E-state index in [0.717, 1.165) is 111 Å². The quantitative estimate of drug-likeness (QED) is 0.161. The van der Waals surface area contributed by atoms with Gasteiger partial charge in [0.05, 0.1) is 23.9 Å². The first-order valence-electron chi connectivity index (χ1n) is 32.6. The van der Waals surface area contributed by atoms with Gasteiger partial charge in [-0.3, -0.25) is 0 Å². The minimum Gasteiger partial charge on any atom is -0.496 e. The molecule has 5 heteroatoms. The second kappa shape index (κ2) is 17.8. The van der Waals surface area contributed by atoms with Crippen LogP contribution < -0.4 is 31.1 Å². The van der Waals surface area contributed by atoms with Crippen LogP contribution in [0, 0.1) is 0 Å². The van der Waals surface area contributed by atoms with Crippen molar-refractivity contribution in [1.82, 2.24) is 0 Å². The number of rotatable bonds is 5. The number of hydrogen-bond donors (Lipinski definition) is 0. The lowest BCUT2D eigenvalue weighted by Gasteiger charge is -2.47. The Hall–Kier alpha value is -6.46. The van der Waals surface area contributed by atoms with E-state index in [2.05, 4.69) is 231 Å². The number of nitrogens with zero attached hydrogens (tertiary/aromatic N) is 2. The molecular weight excluding hydrogens is 996 g/mol. The van der Waals surface area contributed by atoms with Crippen LogP contribution in [0.2, 0.25) is 0 Å².